The molecular formula is C16H19N3O2. The summed E-state index contributed by atoms with van der Waals surface area (Å²) in [6.45, 7) is 2.84. The predicted molar refractivity (Wildman–Crippen MR) is 80.5 cm³/mol. The van der Waals surface area contributed by atoms with Crippen LogP contribution in [0.4, 0.5) is 0 Å². The van der Waals surface area contributed by atoms with Crippen LogP contribution >= 0.6 is 0 Å². The second-order valence-electron chi connectivity index (χ2n) is 5.14. The molecule has 1 aliphatic rings. The third-order valence-corrected chi connectivity index (χ3v) is 3.62. The van der Waals surface area contributed by atoms with Crippen molar-refractivity contribution in [2.24, 2.45) is 5.92 Å². The molecule has 1 aromatic carbocycles. The van der Waals surface area contributed by atoms with Crippen molar-refractivity contribution in [1.29, 1.82) is 0 Å². The number of ether oxygens (including phenoxy) is 2. The van der Waals surface area contributed by atoms with E-state index in [1.807, 2.05) is 24.3 Å². The Labute approximate surface area is 124 Å². The fourth-order valence-corrected chi connectivity index (χ4v) is 2.35. The molecule has 0 saturated carbocycles. The van der Waals surface area contributed by atoms with Gasteiger partial charge < -0.3 is 14.8 Å². The summed E-state index contributed by atoms with van der Waals surface area (Å²) in [5, 5.41) is 3.33. The summed E-state index contributed by atoms with van der Waals surface area (Å²) in [7, 11) is 1.65. The Morgan fingerprint density at radius 3 is 2.52 bits per heavy atom. The average molecular weight is 285 g/mol. The summed E-state index contributed by atoms with van der Waals surface area (Å²) in [5.41, 5.74) is 0.961. The maximum Gasteiger partial charge on any atom is 0.159 e. The Bertz CT molecular complexity index is 563. The molecule has 1 atom stereocenters. The molecule has 1 fully saturated rings. The Morgan fingerprint density at radius 2 is 1.90 bits per heavy atom. The Balaban J connectivity index is 1.62. The summed E-state index contributed by atoms with van der Waals surface area (Å²) in [6.07, 6.45) is 4.63. The molecular weight excluding hydrogens is 266 g/mol. The van der Waals surface area contributed by atoms with Crippen molar-refractivity contribution in [2.45, 2.75) is 6.42 Å². The van der Waals surface area contributed by atoms with Crippen molar-refractivity contribution in [3.05, 3.63) is 36.7 Å². The van der Waals surface area contributed by atoms with Gasteiger partial charge in [-0.2, -0.15) is 0 Å². The van der Waals surface area contributed by atoms with Gasteiger partial charge in [0.25, 0.3) is 0 Å². The van der Waals surface area contributed by atoms with Crippen molar-refractivity contribution in [3.8, 4) is 22.9 Å². The fraction of sp³-hybridized carbons (Fsp3) is 0.375. The van der Waals surface area contributed by atoms with Crippen molar-refractivity contribution < 1.29 is 9.47 Å². The molecule has 21 heavy (non-hydrogen) atoms. The molecule has 1 aromatic heterocycles. The van der Waals surface area contributed by atoms with Gasteiger partial charge in [-0.15, -0.1) is 0 Å². The SMILES string of the molecule is COc1ccc(-c2ncc(OCC3CCNC3)cn2)cc1. The first kappa shape index (κ1) is 13.8. The normalized spacial score (nSPS) is 17.7. The van der Waals surface area contributed by atoms with Gasteiger partial charge in [0.2, 0.25) is 0 Å². The number of nitrogens with zero attached hydrogens (tertiary/aromatic N) is 2. The monoisotopic (exact) mass is 285 g/mol. The highest BCUT2D eigenvalue weighted by atomic mass is 16.5. The third kappa shape index (κ3) is 3.49. The minimum absolute atomic E-state index is 0.589. The van der Waals surface area contributed by atoms with E-state index in [1.54, 1.807) is 19.5 Å². The summed E-state index contributed by atoms with van der Waals surface area (Å²) in [4.78, 5) is 8.71. The van der Waals surface area contributed by atoms with Crippen LogP contribution in [0.5, 0.6) is 11.5 Å². The minimum Gasteiger partial charge on any atom is -0.497 e. The van der Waals surface area contributed by atoms with Crippen LogP contribution in [0.3, 0.4) is 0 Å². The first-order valence-corrected chi connectivity index (χ1v) is 7.15. The van der Waals surface area contributed by atoms with Gasteiger partial charge in [0.1, 0.15) is 5.75 Å². The van der Waals surface area contributed by atoms with E-state index in [1.165, 1.54) is 6.42 Å². The molecule has 0 radical (unpaired) electrons. The fourth-order valence-electron chi connectivity index (χ4n) is 2.35. The summed E-state index contributed by atoms with van der Waals surface area (Å²) < 4.78 is 10.9. The van der Waals surface area contributed by atoms with Crippen molar-refractivity contribution in [2.75, 3.05) is 26.8 Å². The van der Waals surface area contributed by atoms with E-state index in [0.717, 1.165) is 36.8 Å². The number of hydrogen-bond donors (Lipinski definition) is 1. The van der Waals surface area contributed by atoms with E-state index < -0.39 is 0 Å². The molecule has 1 N–H and O–H groups in total. The Hall–Kier alpha value is -2.14. The molecule has 5 heteroatoms. The van der Waals surface area contributed by atoms with Crippen LogP contribution in [-0.2, 0) is 0 Å². The molecule has 0 amide bonds. The maximum absolute atomic E-state index is 5.73. The van der Waals surface area contributed by atoms with Crippen molar-refractivity contribution in [3.63, 3.8) is 0 Å². The second kappa shape index (κ2) is 6.54. The Morgan fingerprint density at radius 1 is 1.14 bits per heavy atom. The van der Waals surface area contributed by atoms with Crippen LogP contribution < -0.4 is 14.8 Å². The second-order valence-corrected chi connectivity index (χ2v) is 5.14. The molecule has 0 spiro atoms. The van der Waals surface area contributed by atoms with Gasteiger partial charge in [-0.3, -0.25) is 0 Å². The lowest BCUT2D eigenvalue weighted by atomic mass is 10.1. The van der Waals surface area contributed by atoms with E-state index in [2.05, 4.69) is 15.3 Å². The number of rotatable bonds is 5. The standard InChI is InChI=1S/C16H19N3O2/c1-20-14-4-2-13(3-5-14)16-18-9-15(10-19-16)21-11-12-6-7-17-8-12/h2-5,9-10,12,17H,6-8,11H2,1H3. The lowest BCUT2D eigenvalue weighted by Gasteiger charge is -2.10. The number of methoxy groups -OCH3 is 1. The molecule has 5 nitrogen and oxygen atoms in total. The smallest absolute Gasteiger partial charge is 0.159 e. The van der Waals surface area contributed by atoms with Crippen LogP contribution in [-0.4, -0.2) is 36.8 Å². The van der Waals surface area contributed by atoms with Gasteiger partial charge in [-0.05, 0) is 37.2 Å². The zero-order valence-corrected chi connectivity index (χ0v) is 12.1. The molecule has 2 heterocycles. The maximum atomic E-state index is 5.73. The van der Waals surface area contributed by atoms with Crippen molar-refractivity contribution in [1.82, 2.24) is 15.3 Å². The van der Waals surface area contributed by atoms with Gasteiger partial charge >= 0.3 is 0 Å². The van der Waals surface area contributed by atoms with E-state index in [9.17, 15) is 0 Å². The quantitative estimate of drug-likeness (QED) is 0.912. The summed E-state index contributed by atoms with van der Waals surface area (Å²) >= 11 is 0. The lowest BCUT2D eigenvalue weighted by molar-refractivity contribution is 0.258. The minimum atomic E-state index is 0.589. The van der Waals surface area contributed by atoms with Crippen LogP contribution in [0.15, 0.2) is 36.7 Å². The van der Waals surface area contributed by atoms with E-state index >= 15 is 0 Å². The zero-order valence-electron chi connectivity index (χ0n) is 12.1. The van der Waals surface area contributed by atoms with E-state index in [-0.39, 0.29) is 0 Å². The largest absolute Gasteiger partial charge is 0.497 e. The molecule has 3 rings (SSSR count). The van der Waals surface area contributed by atoms with Gasteiger partial charge in [0.15, 0.2) is 11.6 Å². The lowest BCUT2D eigenvalue weighted by Crippen LogP contribution is -2.15. The molecule has 0 bridgehead atoms. The highest BCUT2D eigenvalue weighted by molar-refractivity contribution is 5.56. The van der Waals surface area contributed by atoms with Gasteiger partial charge in [-0.25, -0.2) is 9.97 Å². The van der Waals surface area contributed by atoms with Gasteiger partial charge in [0, 0.05) is 18.0 Å². The number of hydrogen-bond acceptors (Lipinski definition) is 5. The molecule has 1 saturated heterocycles. The molecule has 1 aliphatic heterocycles. The van der Waals surface area contributed by atoms with Gasteiger partial charge in [-0.1, -0.05) is 0 Å². The first-order chi connectivity index (χ1) is 10.3. The van der Waals surface area contributed by atoms with E-state index in [0.29, 0.717) is 11.7 Å². The number of benzene rings is 1. The van der Waals surface area contributed by atoms with Crippen LogP contribution in [0, 0.1) is 5.92 Å². The average Bonchev–Trinajstić information content (AvgIpc) is 3.07. The number of nitrogens with one attached hydrogen (secondary N) is 1. The summed E-state index contributed by atoms with van der Waals surface area (Å²) in [6, 6.07) is 7.68. The molecule has 110 valence electrons. The highest BCUT2D eigenvalue weighted by Gasteiger charge is 2.15. The highest BCUT2D eigenvalue weighted by Crippen LogP contribution is 2.20. The van der Waals surface area contributed by atoms with Crippen LogP contribution in [0.1, 0.15) is 6.42 Å². The first-order valence-electron chi connectivity index (χ1n) is 7.15. The Kier molecular flexibility index (Phi) is 4.31. The van der Waals surface area contributed by atoms with E-state index in [4.69, 9.17) is 9.47 Å². The molecule has 1 unspecified atom stereocenters. The third-order valence-electron chi connectivity index (χ3n) is 3.62. The van der Waals surface area contributed by atoms with Gasteiger partial charge in [0.05, 0.1) is 26.1 Å². The zero-order chi connectivity index (χ0) is 14.5. The topological polar surface area (TPSA) is 56.3 Å². The van der Waals surface area contributed by atoms with Crippen LogP contribution in [0.2, 0.25) is 0 Å². The predicted octanol–water partition coefficient (Wildman–Crippen LogP) is 2.14. The molecule has 0 aliphatic carbocycles. The number of aromatic nitrogens is 2. The molecule has 2 aromatic rings. The van der Waals surface area contributed by atoms with Crippen molar-refractivity contribution >= 4 is 0 Å². The summed E-state index contributed by atoms with van der Waals surface area (Å²) in [5.74, 6) is 2.82. The van der Waals surface area contributed by atoms with Crippen LogP contribution in [0.25, 0.3) is 11.4 Å².